The molecule has 1 fully saturated rings. The molecule has 0 amide bonds. The number of aromatic nitrogens is 2. The summed E-state index contributed by atoms with van der Waals surface area (Å²) < 4.78 is 0. The minimum Gasteiger partial charge on any atom is -0.364 e. The van der Waals surface area contributed by atoms with Crippen molar-refractivity contribution in [3.05, 3.63) is 18.1 Å². The number of nitriles is 1. The number of anilines is 1. The molecule has 1 aromatic heterocycles. The topological polar surface area (TPSA) is 61.6 Å². The van der Waals surface area contributed by atoms with Crippen molar-refractivity contribution in [1.82, 2.24) is 9.97 Å². The molecule has 0 bridgehead atoms. The molecular formula is C12H16N4. The Balaban J connectivity index is 2.22. The predicted octanol–water partition coefficient (Wildman–Crippen LogP) is 2.19. The van der Waals surface area contributed by atoms with Crippen LogP contribution in [0.25, 0.3) is 0 Å². The monoisotopic (exact) mass is 216 g/mol. The van der Waals surface area contributed by atoms with Crippen molar-refractivity contribution in [1.29, 1.82) is 5.26 Å². The smallest absolute Gasteiger partial charge is 0.182 e. The predicted molar refractivity (Wildman–Crippen MR) is 61.7 cm³/mol. The van der Waals surface area contributed by atoms with Gasteiger partial charge in [0, 0.05) is 18.4 Å². The Bertz CT molecular complexity index is 442. The van der Waals surface area contributed by atoms with E-state index in [-0.39, 0.29) is 10.8 Å². The lowest BCUT2D eigenvalue weighted by Gasteiger charge is -2.07. The standard InChI is InChI=1S/C12H16N4/c1-11(2)10(12(11,3)4)16-9-8(7-13)14-5-6-15-9/h5-6,10H,1-4H3,(H,15,16). The number of nitrogens with zero attached hydrogens (tertiary/aromatic N) is 3. The van der Waals surface area contributed by atoms with E-state index in [1.807, 2.05) is 6.07 Å². The number of hydrogen-bond acceptors (Lipinski definition) is 4. The summed E-state index contributed by atoms with van der Waals surface area (Å²) in [7, 11) is 0. The van der Waals surface area contributed by atoms with Crippen molar-refractivity contribution in [2.24, 2.45) is 10.8 Å². The summed E-state index contributed by atoms with van der Waals surface area (Å²) in [5.41, 5.74) is 0.801. The summed E-state index contributed by atoms with van der Waals surface area (Å²) in [5.74, 6) is 0.591. The Hall–Kier alpha value is -1.63. The van der Waals surface area contributed by atoms with Crippen molar-refractivity contribution < 1.29 is 0 Å². The van der Waals surface area contributed by atoms with Gasteiger partial charge in [0.2, 0.25) is 0 Å². The molecule has 0 saturated heterocycles. The zero-order chi connectivity index (χ0) is 12.0. The van der Waals surface area contributed by atoms with Crippen LogP contribution in [0.4, 0.5) is 5.82 Å². The molecule has 4 nitrogen and oxygen atoms in total. The molecule has 0 aromatic carbocycles. The van der Waals surface area contributed by atoms with Gasteiger partial charge in [-0.1, -0.05) is 27.7 Å². The van der Waals surface area contributed by atoms with Gasteiger partial charge in [-0.05, 0) is 10.8 Å². The van der Waals surface area contributed by atoms with Crippen molar-refractivity contribution >= 4 is 5.82 Å². The van der Waals surface area contributed by atoms with Gasteiger partial charge in [-0.2, -0.15) is 5.26 Å². The second kappa shape index (κ2) is 3.18. The quantitative estimate of drug-likeness (QED) is 0.823. The molecule has 0 aliphatic heterocycles. The number of hydrogen-bond donors (Lipinski definition) is 1. The van der Waals surface area contributed by atoms with Gasteiger partial charge in [0.25, 0.3) is 0 Å². The first kappa shape index (κ1) is 10.9. The molecule has 1 saturated carbocycles. The Morgan fingerprint density at radius 3 is 2.25 bits per heavy atom. The van der Waals surface area contributed by atoms with Gasteiger partial charge in [-0.25, -0.2) is 9.97 Å². The van der Waals surface area contributed by atoms with E-state index >= 15 is 0 Å². The summed E-state index contributed by atoms with van der Waals surface area (Å²) in [5, 5.41) is 12.2. The van der Waals surface area contributed by atoms with E-state index in [1.54, 1.807) is 6.20 Å². The summed E-state index contributed by atoms with van der Waals surface area (Å²) >= 11 is 0. The fraction of sp³-hybridized carbons (Fsp3) is 0.583. The maximum absolute atomic E-state index is 8.92. The highest BCUT2D eigenvalue weighted by molar-refractivity contribution is 5.50. The minimum absolute atomic E-state index is 0.219. The Morgan fingerprint density at radius 2 is 1.75 bits per heavy atom. The fourth-order valence-electron chi connectivity index (χ4n) is 2.22. The van der Waals surface area contributed by atoms with Gasteiger partial charge in [-0.15, -0.1) is 0 Å². The van der Waals surface area contributed by atoms with Gasteiger partial charge in [0.05, 0.1) is 0 Å². The molecule has 84 valence electrons. The van der Waals surface area contributed by atoms with Crippen LogP contribution in [-0.2, 0) is 0 Å². The SMILES string of the molecule is CC1(C)C(Nc2nccnc2C#N)C1(C)C. The summed E-state index contributed by atoms with van der Waals surface area (Å²) in [6.07, 6.45) is 3.14. The molecule has 1 heterocycles. The first-order valence-electron chi connectivity index (χ1n) is 5.39. The summed E-state index contributed by atoms with van der Waals surface area (Å²) in [4.78, 5) is 8.15. The van der Waals surface area contributed by atoms with Crippen LogP contribution in [0.3, 0.4) is 0 Å². The lowest BCUT2D eigenvalue weighted by Crippen LogP contribution is -2.13. The Morgan fingerprint density at radius 1 is 1.19 bits per heavy atom. The lowest BCUT2D eigenvalue weighted by atomic mass is 10.0. The summed E-state index contributed by atoms with van der Waals surface area (Å²) in [6.45, 7) is 8.86. The molecule has 1 aromatic rings. The van der Waals surface area contributed by atoms with Gasteiger partial charge < -0.3 is 5.32 Å². The molecule has 1 N–H and O–H groups in total. The molecule has 2 rings (SSSR count). The Kier molecular flexibility index (Phi) is 2.16. The lowest BCUT2D eigenvalue weighted by molar-refractivity contribution is 0.457. The molecular weight excluding hydrogens is 200 g/mol. The molecule has 1 aliphatic carbocycles. The van der Waals surface area contributed by atoms with E-state index in [4.69, 9.17) is 5.26 Å². The van der Waals surface area contributed by atoms with Crippen LogP contribution in [0, 0.1) is 22.2 Å². The van der Waals surface area contributed by atoms with E-state index in [0.29, 0.717) is 17.6 Å². The van der Waals surface area contributed by atoms with Crippen LogP contribution >= 0.6 is 0 Å². The molecule has 0 unspecified atom stereocenters. The average Bonchev–Trinajstić information content (AvgIpc) is 2.62. The maximum Gasteiger partial charge on any atom is 0.182 e. The third kappa shape index (κ3) is 1.35. The first-order chi connectivity index (χ1) is 7.41. The van der Waals surface area contributed by atoms with Crippen LogP contribution < -0.4 is 5.32 Å². The maximum atomic E-state index is 8.92. The Labute approximate surface area is 95.7 Å². The van der Waals surface area contributed by atoms with Crippen molar-refractivity contribution in [3.8, 4) is 6.07 Å². The van der Waals surface area contributed by atoms with Crippen molar-refractivity contribution in [2.75, 3.05) is 5.32 Å². The zero-order valence-electron chi connectivity index (χ0n) is 10.1. The number of nitrogens with one attached hydrogen (secondary N) is 1. The van der Waals surface area contributed by atoms with Crippen LogP contribution in [0.2, 0.25) is 0 Å². The van der Waals surface area contributed by atoms with E-state index < -0.39 is 0 Å². The van der Waals surface area contributed by atoms with Crippen molar-refractivity contribution in [2.45, 2.75) is 33.7 Å². The second-order valence-corrected chi connectivity index (χ2v) is 5.39. The number of rotatable bonds is 2. The highest BCUT2D eigenvalue weighted by Gasteiger charge is 2.65. The van der Waals surface area contributed by atoms with Crippen LogP contribution in [0.15, 0.2) is 12.4 Å². The molecule has 4 heteroatoms. The third-order valence-corrected chi connectivity index (χ3v) is 4.11. The first-order valence-corrected chi connectivity index (χ1v) is 5.39. The minimum atomic E-state index is 0.219. The molecule has 16 heavy (non-hydrogen) atoms. The largest absolute Gasteiger partial charge is 0.364 e. The van der Waals surface area contributed by atoms with Crippen LogP contribution in [0.5, 0.6) is 0 Å². The highest BCUT2D eigenvalue weighted by atomic mass is 15.1. The van der Waals surface area contributed by atoms with Gasteiger partial charge >= 0.3 is 0 Å². The average molecular weight is 216 g/mol. The van der Waals surface area contributed by atoms with E-state index in [2.05, 4.69) is 43.0 Å². The van der Waals surface area contributed by atoms with Gasteiger partial charge in [0.1, 0.15) is 6.07 Å². The molecule has 0 atom stereocenters. The van der Waals surface area contributed by atoms with Crippen molar-refractivity contribution in [3.63, 3.8) is 0 Å². The molecule has 1 aliphatic rings. The third-order valence-electron chi connectivity index (χ3n) is 4.11. The van der Waals surface area contributed by atoms with Crippen LogP contribution in [0.1, 0.15) is 33.4 Å². The van der Waals surface area contributed by atoms with Gasteiger partial charge in [0.15, 0.2) is 11.5 Å². The zero-order valence-corrected chi connectivity index (χ0v) is 10.1. The second-order valence-electron chi connectivity index (χ2n) is 5.39. The van der Waals surface area contributed by atoms with E-state index in [1.165, 1.54) is 6.20 Å². The van der Waals surface area contributed by atoms with E-state index in [9.17, 15) is 0 Å². The normalized spacial score (nSPS) is 21.2. The fourth-order valence-corrected chi connectivity index (χ4v) is 2.22. The molecule has 0 spiro atoms. The van der Waals surface area contributed by atoms with Crippen LogP contribution in [-0.4, -0.2) is 16.0 Å². The summed E-state index contributed by atoms with van der Waals surface area (Å²) in [6, 6.07) is 2.38. The molecule has 0 radical (unpaired) electrons. The highest BCUT2D eigenvalue weighted by Crippen LogP contribution is 2.63. The van der Waals surface area contributed by atoms with Gasteiger partial charge in [-0.3, -0.25) is 0 Å². The van der Waals surface area contributed by atoms with E-state index in [0.717, 1.165) is 0 Å².